The molecule has 0 amide bonds. The molecule has 2 heteroatoms. The second-order valence-corrected chi connectivity index (χ2v) is 13.4. The van der Waals surface area contributed by atoms with E-state index in [9.17, 15) is 0 Å². The molecule has 0 spiro atoms. The highest BCUT2D eigenvalue weighted by molar-refractivity contribution is 6.17. The van der Waals surface area contributed by atoms with Crippen LogP contribution in [0.4, 0.5) is 11.4 Å². The van der Waals surface area contributed by atoms with Crippen molar-refractivity contribution in [1.82, 2.24) is 4.57 Å². The second-order valence-electron chi connectivity index (χ2n) is 13.4. The summed E-state index contributed by atoms with van der Waals surface area (Å²) in [7, 11) is 0. The molecule has 6 aromatic carbocycles. The zero-order valence-electron chi connectivity index (χ0n) is 25.0. The van der Waals surface area contributed by atoms with Gasteiger partial charge in [0.05, 0.1) is 11.0 Å². The molecule has 0 N–H and O–H groups in total. The van der Waals surface area contributed by atoms with Gasteiger partial charge in [0.15, 0.2) is 0 Å². The van der Waals surface area contributed by atoms with Crippen molar-refractivity contribution in [1.29, 1.82) is 0 Å². The van der Waals surface area contributed by atoms with Gasteiger partial charge in [0.1, 0.15) is 0 Å². The molecule has 3 aliphatic rings. The van der Waals surface area contributed by atoms with E-state index in [1.165, 1.54) is 83.4 Å². The van der Waals surface area contributed by atoms with Gasteiger partial charge in [-0.1, -0.05) is 105 Å². The Morgan fingerprint density at radius 1 is 0.591 bits per heavy atom. The van der Waals surface area contributed by atoms with E-state index in [2.05, 4.69) is 151 Å². The zero-order valence-corrected chi connectivity index (χ0v) is 25.0. The molecule has 3 heterocycles. The topological polar surface area (TPSA) is 8.17 Å². The highest BCUT2D eigenvalue weighted by atomic mass is 15.2. The number of aromatic nitrogens is 1. The van der Waals surface area contributed by atoms with Gasteiger partial charge in [0, 0.05) is 39.3 Å². The molecule has 0 fully saturated rings. The molecule has 1 aromatic heterocycles. The van der Waals surface area contributed by atoms with Crippen molar-refractivity contribution >= 4 is 33.2 Å². The van der Waals surface area contributed by atoms with Crippen molar-refractivity contribution in [3.63, 3.8) is 0 Å². The Labute approximate surface area is 257 Å². The summed E-state index contributed by atoms with van der Waals surface area (Å²) in [6.07, 6.45) is 2.18. The van der Waals surface area contributed by atoms with Crippen LogP contribution in [0.1, 0.15) is 36.1 Å². The number of rotatable bonds is 2. The van der Waals surface area contributed by atoms with Crippen LogP contribution in [0.25, 0.3) is 49.7 Å². The summed E-state index contributed by atoms with van der Waals surface area (Å²) >= 11 is 0. The summed E-state index contributed by atoms with van der Waals surface area (Å²) in [6, 6.07) is 48.2. The lowest BCUT2D eigenvalue weighted by Gasteiger charge is -2.22. The average Bonchev–Trinajstić information content (AvgIpc) is 3.76. The van der Waals surface area contributed by atoms with Crippen LogP contribution >= 0.6 is 0 Å². The smallest absolute Gasteiger partial charge is 0.0547 e. The Bertz CT molecular complexity index is 2320. The lowest BCUT2D eigenvalue weighted by atomic mass is 9.82. The van der Waals surface area contributed by atoms with Crippen LogP contribution in [-0.4, -0.2) is 10.6 Å². The summed E-state index contributed by atoms with van der Waals surface area (Å²) in [5, 5.41) is 2.70. The Balaban J connectivity index is 1.14. The number of hydrogen-bond acceptors (Lipinski definition) is 1. The molecule has 44 heavy (non-hydrogen) atoms. The molecule has 0 saturated carbocycles. The molecule has 1 unspecified atom stereocenters. The number of nitrogens with zero attached hydrogens (tertiary/aromatic N) is 2. The third-order valence-electron chi connectivity index (χ3n) is 10.7. The van der Waals surface area contributed by atoms with Crippen LogP contribution in [0.2, 0.25) is 0 Å². The number of para-hydroxylation sites is 1. The normalized spacial score (nSPS) is 17.0. The fourth-order valence-electron chi connectivity index (χ4n) is 8.70. The van der Waals surface area contributed by atoms with Gasteiger partial charge in [-0.2, -0.15) is 0 Å². The van der Waals surface area contributed by atoms with Gasteiger partial charge in [0.25, 0.3) is 0 Å². The van der Waals surface area contributed by atoms with E-state index in [1.54, 1.807) is 0 Å². The second kappa shape index (κ2) is 8.51. The minimum atomic E-state index is -0.0141. The molecular formula is C42H32N2. The van der Waals surface area contributed by atoms with Gasteiger partial charge in [-0.3, -0.25) is 0 Å². The number of hydrogen-bond donors (Lipinski definition) is 0. The van der Waals surface area contributed by atoms with Crippen LogP contribution < -0.4 is 4.90 Å². The monoisotopic (exact) mass is 564 g/mol. The molecule has 1 atom stereocenters. The van der Waals surface area contributed by atoms with Crippen molar-refractivity contribution in [2.45, 2.75) is 38.1 Å². The minimum absolute atomic E-state index is 0.0141. The molecule has 0 bridgehead atoms. The van der Waals surface area contributed by atoms with Gasteiger partial charge in [-0.15, -0.1) is 0 Å². The Morgan fingerprint density at radius 3 is 2.30 bits per heavy atom. The largest absolute Gasteiger partial charge is 0.337 e. The van der Waals surface area contributed by atoms with E-state index < -0.39 is 0 Å². The van der Waals surface area contributed by atoms with Crippen molar-refractivity contribution < 1.29 is 0 Å². The predicted molar refractivity (Wildman–Crippen MR) is 184 cm³/mol. The highest BCUT2D eigenvalue weighted by Crippen LogP contribution is 2.53. The van der Waals surface area contributed by atoms with E-state index in [0.717, 1.165) is 12.8 Å². The van der Waals surface area contributed by atoms with Gasteiger partial charge < -0.3 is 9.47 Å². The third-order valence-corrected chi connectivity index (χ3v) is 10.7. The summed E-state index contributed by atoms with van der Waals surface area (Å²) < 4.78 is 2.50. The maximum Gasteiger partial charge on any atom is 0.0547 e. The lowest BCUT2D eigenvalue weighted by molar-refractivity contribution is 0.661. The number of anilines is 2. The van der Waals surface area contributed by atoms with Gasteiger partial charge in [-0.05, 0) is 93.7 Å². The first-order chi connectivity index (χ1) is 21.6. The fourth-order valence-corrected chi connectivity index (χ4v) is 8.70. The van der Waals surface area contributed by atoms with E-state index in [0.29, 0.717) is 6.04 Å². The van der Waals surface area contributed by atoms with Crippen molar-refractivity contribution in [3.05, 3.63) is 150 Å². The van der Waals surface area contributed by atoms with Crippen LogP contribution in [-0.2, 0) is 18.3 Å². The highest BCUT2D eigenvalue weighted by Gasteiger charge is 2.39. The van der Waals surface area contributed by atoms with Crippen molar-refractivity contribution in [3.8, 4) is 27.9 Å². The Kier molecular flexibility index (Phi) is 4.72. The molecule has 210 valence electrons. The third kappa shape index (κ3) is 3.10. The molecular weight excluding hydrogens is 532 g/mol. The average molecular weight is 565 g/mol. The van der Waals surface area contributed by atoms with Crippen LogP contribution in [0.5, 0.6) is 0 Å². The summed E-state index contributed by atoms with van der Waals surface area (Å²) in [6.45, 7) is 4.74. The zero-order chi connectivity index (χ0) is 29.2. The van der Waals surface area contributed by atoms with E-state index in [4.69, 9.17) is 0 Å². The fraction of sp³-hybridized carbons (Fsp3) is 0.143. The van der Waals surface area contributed by atoms with Gasteiger partial charge in [0.2, 0.25) is 0 Å². The Hall–Kier alpha value is -5.08. The quantitative estimate of drug-likeness (QED) is 0.203. The van der Waals surface area contributed by atoms with Crippen molar-refractivity contribution in [2.75, 3.05) is 4.90 Å². The Morgan fingerprint density at radius 2 is 1.39 bits per heavy atom. The first-order valence-corrected chi connectivity index (χ1v) is 15.9. The maximum absolute atomic E-state index is 2.61. The lowest BCUT2D eigenvalue weighted by Crippen LogP contribution is -2.22. The molecule has 0 saturated heterocycles. The number of fused-ring (bicyclic) bond motifs is 12. The minimum Gasteiger partial charge on any atom is -0.337 e. The first-order valence-electron chi connectivity index (χ1n) is 15.9. The SMILES string of the molecule is CC1(C)c2ccccc2-c2c1ccc1c2c2ccccc2n1-c1ccc2c(c1)CC1Cc3ccc(-c4ccccc4)cc3N21. The first kappa shape index (κ1) is 24.4. The van der Waals surface area contributed by atoms with Crippen LogP contribution in [0, 0.1) is 0 Å². The molecule has 0 radical (unpaired) electrons. The summed E-state index contributed by atoms with van der Waals surface area (Å²) in [4.78, 5) is 2.61. The van der Waals surface area contributed by atoms with Crippen molar-refractivity contribution in [2.24, 2.45) is 0 Å². The van der Waals surface area contributed by atoms with E-state index >= 15 is 0 Å². The molecule has 1 aliphatic carbocycles. The van der Waals surface area contributed by atoms with Crippen LogP contribution in [0.3, 0.4) is 0 Å². The van der Waals surface area contributed by atoms with E-state index in [1.807, 2.05) is 0 Å². The predicted octanol–water partition coefficient (Wildman–Crippen LogP) is 10.4. The summed E-state index contributed by atoms with van der Waals surface area (Å²) in [5.74, 6) is 0. The van der Waals surface area contributed by atoms with Gasteiger partial charge >= 0.3 is 0 Å². The van der Waals surface area contributed by atoms with Crippen LogP contribution in [0.15, 0.2) is 127 Å². The maximum atomic E-state index is 2.61. The van der Waals surface area contributed by atoms with E-state index in [-0.39, 0.29) is 5.41 Å². The molecule has 10 rings (SSSR count). The molecule has 2 aliphatic heterocycles. The molecule has 2 nitrogen and oxygen atoms in total. The molecule has 7 aromatic rings. The summed E-state index contributed by atoms with van der Waals surface area (Å²) in [5.41, 5.74) is 17.6. The van der Waals surface area contributed by atoms with Gasteiger partial charge in [-0.25, -0.2) is 0 Å². The number of benzene rings is 6. The standard InChI is InChI=1S/C42H32N2/c1-42(2)34-14-8-6-12-32(34)40-35(42)19-21-38-41(40)33-13-7-9-15-37(33)43(38)30-18-20-36-29(23-30)24-31-22-28-17-16-27(25-39(28)44(31)36)26-10-4-3-5-11-26/h3-21,23,25,31H,22,24H2,1-2H3.